The van der Waals surface area contributed by atoms with Gasteiger partial charge in [-0.25, -0.2) is 0 Å². The topological polar surface area (TPSA) is 66.8 Å². The first-order valence-corrected chi connectivity index (χ1v) is 5.11. The van der Waals surface area contributed by atoms with Crippen LogP contribution in [0.3, 0.4) is 0 Å². The highest BCUT2D eigenvalue weighted by Gasteiger charge is 2.23. The standard InChI is InChI=1S/C10H19NO4/c1-4-6-8(10(13)14)11(3)7-9(12)15-5-2/h8H,4-7H2,1-3H3,(H,13,14). The second-order valence-corrected chi connectivity index (χ2v) is 3.36. The van der Waals surface area contributed by atoms with E-state index in [9.17, 15) is 9.59 Å². The number of carbonyl (C=O) groups is 2. The highest BCUT2D eigenvalue weighted by atomic mass is 16.5. The van der Waals surface area contributed by atoms with Crippen LogP contribution in [0.25, 0.3) is 0 Å². The van der Waals surface area contributed by atoms with E-state index < -0.39 is 12.0 Å². The first-order chi connectivity index (χ1) is 7.02. The van der Waals surface area contributed by atoms with Crippen LogP contribution in [0.2, 0.25) is 0 Å². The highest BCUT2D eigenvalue weighted by Crippen LogP contribution is 2.05. The number of likely N-dealkylation sites (N-methyl/N-ethyl adjacent to an activating group) is 1. The van der Waals surface area contributed by atoms with Crippen LogP contribution >= 0.6 is 0 Å². The minimum absolute atomic E-state index is 0.0187. The Morgan fingerprint density at radius 3 is 2.40 bits per heavy atom. The third-order valence-corrected chi connectivity index (χ3v) is 2.06. The first kappa shape index (κ1) is 13.9. The third-order valence-electron chi connectivity index (χ3n) is 2.06. The quantitative estimate of drug-likeness (QED) is 0.637. The lowest BCUT2D eigenvalue weighted by molar-refractivity contribution is -0.148. The van der Waals surface area contributed by atoms with Crippen LogP contribution in [0.15, 0.2) is 0 Å². The summed E-state index contributed by atoms with van der Waals surface area (Å²) in [6.07, 6.45) is 1.30. The number of carbonyl (C=O) groups excluding carboxylic acids is 1. The van der Waals surface area contributed by atoms with Crippen molar-refractivity contribution in [2.75, 3.05) is 20.2 Å². The Balaban J connectivity index is 4.18. The van der Waals surface area contributed by atoms with Gasteiger partial charge in [0.15, 0.2) is 0 Å². The molecule has 1 atom stereocenters. The molecule has 0 aliphatic rings. The lowest BCUT2D eigenvalue weighted by Gasteiger charge is -2.22. The van der Waals surface area contributed by atoms with Crippen molar-refractivity contribution in [3.05, 3.63) is 0 Å². The normalized spacial score (nSPS) is 12.5. The maximum atomic E-state index is 11.1. The fourth-order valence-electron chi connectivity index (χ4n) is 1.33. The molecule has 0 aromatic heterocycles. The Hall–Kier alpha value is -1.10. The Morgan fingerprint density at radius 1 is 1.40 bits per heavy atom. The van der Waals surface area contributed by atoms with Gasteiger partial charge in [0.25, 0.3) is 0 Å². The maximum absolute atomic E-state index is 11.1. The SMILES string of the molecule is CCCC(C(=O)O)N(C)CC(=O)OCC. The average molecular weight is 217 g/mol. The summed E-state index contributed by atoms with van der Waals surface area (Å²) in [7, 11) is 1.62. The summed E-state index contributed by atoms with van der Waals surface area (Å²) in [6.45, 7) is 3.97. The minimum atomic E-state index is -0.899. The molecule has 0 bridgehead atoms. The Bertz CT molecular complexity index is 217. The van der Waals surface area contributed by atoms with E-state index in [4.69, 9.17) is 9.84 Å². The zero-order chi connectivity index (χ0) is 11.8. The average Bonchev–Trinajstić information content (AvgIpc) is 2.13. The van der Waals surface area contributed by atoms with Gasteiger partial charge < -0.3 is 9.84 Å². The minimum Gasteiger partial charge on any atom is -0.480 e. The lowest BCUT2D eigenvalue weighted by atomic mass is 10.1. The van der Waals surface area contributed by atoms with Gasteiger partial charge in [-0.05, 0) is 20.4 Å². The molecule has 0 radical (unpaired) electrons. The van der Waals surface area contributed by atoms with Crippen molar-refractivity contribution in [1.29, 1.82) is 0 Å². The van der Waals surface area contributed by atoms with Gasteiger partial charge in [0, 0.05) is 0 Å². The Kier molecular flexibility index (Phi) is 6.70. The van der Waals surface area contributed by atoms with E-state index in [1.165, 1.54) is 4.90 Å². The fraction of sp³-hybridized carbons (Fsp3) is 0.800. The van der Waals surface area contributed by atoms with Gasteiger partial charge >= 0.3 is 11.9 Å². The Labute approximate surface area is 90.0 Å². The van der Waals surface area contributed by atoms with Gasteiger partial charge in [-0.15, -0.1) is 0 Å². The molecule has 0 heterocycles. The third kappa shape index (κ3) is 5.37. The molecule has 15 heavy (non-hydrogen) atoms. The molecule has 0 aromatic rings. The van der Waals surface area contributed by atoms with Crippen molar-refractivity contribution in [1.82, 2.24) is 4.90 Å². The van der Waals surface area contributed by atoms with Crippen molar-refractivity contribution in [3.63, 3.8) is 0 Å². The summed E-state index contributed by atoms with van der Waals surface area (Å²) in [6, 6.07) is -0.612. The summed E-state index contributed by atoms with van der Waals surface area (Å²) < 4.78 is 4.75. The predicted molar refractivity (Wildman–Crippen MR) is 55.6 cm³/mol. The second-order valence-electron chi connectivity index (χ2n) is 3.36. The summed E-state index contributed by atoms with van der Waals surface area (Å²) in [5.74, 6) is -1.29. The van der Waals surface area contributed by atoms with Gasteiger partial charge in [-0.3, -0.25) is 14.5 Å². The molecule has 0 saturated carbocycles. The highest BCUT2D eigenvalue weighted by molar-refractivity contribution is 5.76. The van der Waals surface area contributed by atoms with Crippen LogP contribution in [-0.4, -0.2) is 48.2 Å². The molecule has 0 aliphatic carbocycles. The summed E-state index contributed by atoms with van der Waals surface area (Å²) in [5, 5.41) is 8.92. The van der Waals surface area contributed by atoms with E-state index in [2.05, 4.69) is 0 Å². The van der Waals surface area contributed by atoms with E-state index in [1.54, 1.807) is 14.0 Å². The van der Waals surface area contributed by atoms with Crippen LogP contribution in [-0.2, 0) is 14.3 Å². The maximum Gasteiger partial charge on any atom is 0.320 e. The molecular weight excluding hydrogens is 198 g/mol. The summed E-state index contributed by atoms with van der Waals surface area (Å²) in [4.78, 5) is 23.5. The van der Waals surface area contributed by atoms with Gasteiger partial charge in [0.1, 0.15) is 6.04 Å². The molecule has 0 spiro atoms. The van der Waals surface area contributed by atoms with Crippen molar-refractivity contribution < 1.29 is 19.4 Å². The van der Waals surface area contributed by atoms with Crippen LogP contribution in [0.1, 0.15) is 26.7 Å². The van der Waals surface area contributed by atoms with Crippen molar-refractivity contribution in [2.24, 2.45) is 0 Å². The number of carboxylic acid groups (broad SMARTS) is 1. The van der Waals surface area contributed by atoms with Gasteiger partial charge in [0.05, 0.1) is 13.2 Å². The molecule has 1 N–H and O–H groups in total. The molecule has 0 saturated heterocycles. The molecule has 0 fully saturated rings. The molecule has 0 amide bonds. The number of esters is 1. The molecular formula is C10H19NO4. The zero-order valence-corrected chi connectivity index (χ0v) is 9.52. The van der Waals surface area contributed by atoms with E-state index in [1.807, 2.05) is 6.92 Å². The monoisotopic (exact) mass is 217 g/mol. The zero-order valence-electron chi connectivity index (χ0n) is 9.52. The fourth-order valence-corrected chi connectivity index (χ4v) is 1.33. The lowest BCUT2D eigenvalue weighted by Crippen LogP contribution is -2.41. The molecule has 0 rings (SSSR count). The first-order valence-electron chi connectivity index (χ1n) is 5.11. The molecule has 5 nitrogen and oxygen atoms in total. The largest absolute Gasteiger partial charge is 0.480 e. The number of aliphatic carboxylic acids is 1. The molecule has 0 aliphatic heterocycles. The second kappa shape index (κ2) is 7.23. The van der Waals surface area contributed by atoms with Gasteiger partial charge in [0.2, 0.25) is 0 Å². The van der Waals surface area contributed by atoms with Gasteiger partial charge in [-0.1, -0.05) is 13.3 Å². The van der Waals surface area contributed by atoms with Crippen molar-refractivity contribution in [2.45, 2.75) is 32.7 Å². The molecule has 0 aromatic carbocycles. The molecule has 88 valence electrons. The van der Waals surface area contributed by atoms with Crippen LogP contribution < -0.4 is 0 Å². The molecule has 1 unspecified atom stereocenters. The smallest absolute Gasteiger partial charge is 0.320 e. The number of hydrogen-bond acceptors (Lipinski definition) is 4. The van der Waals surface area contributed by atoms with Crippen LogP contribution in [0.5, 0.6) is 0 Å². The predicted octanol–water partition coefficient (Wildman–Crippen LogP) is 0.735. The van der Waals surface area contributed by atoms with Crippen LogP contribution in [0, 0.1) is 0 Å². The van der Waals surface area contributed by atoms with E-state index in [0.717, 1.165) is 6.42 Å². The number of hydrogen-bond donors (Lipinski definition) is 1. The van der Waals surface area contributed by atoms with E-state index in [-0.39, 0.29) is 12.5 Å². The number of rotatable bonds is 7. The summed E-state index contributed by atoms with van der Waals surface area (Å²) >= 11 is 0. The number of ether oxygens (including phenoxy) is 1. The van der Waals surface area contributed by atoms with Crippen molar-refractivity contribution in [3.8, 4) is 0 Å². The molecule has 5 heteroatoms. The Morgan fingerprint density at radius 2 is 2.00 bits per heavy atom. The van der Waals surface area contributed by atoms with Crippen LogP contribution in [0.4, 0.5) is 0 Å². The number of carboxylic acids is 1. The van der Waals surface area contributed by atoms with Crippen molar-refractivity contribution >= 4 is 11.9 Å². The van der Waals surface area contributed by atoms with E-state index >= 15 is 0 Å². The summed E-state index contributed by atoms with van der Waals surface area (Å²) in [5.41, 5.74) is 0. The van der Waals surface area contributed by atoms with Gasteiger partial charge in [-0.2, -0.15) is 0 Å². The number of nitrogens with zero attached hydrogens (tertiary/aromatic N) is 1. The van der Waals surface area contributed by atoms with E-state index in [0.29, 0.717) is 13.0 Å².